The zero-order valence-electron chi connectivity index (χ0n) is 20.3. The van der Waals surface area contributed by atoms with Crippen LogP contribution in [0.25, 0.3) is 16.7 Å². The minimum absolute atomic E-state index is 0.154. The third-order valence-electron chi connectivity index (χ3n) is 6.06. The highest BCUT2D eigenvalue weighted by Crippen LogP contribution is 2.49. The zero-order valence-corrected chi connectivity index (χ0v) is 20.3. The van der Waals surface area contributed by atoms with Gasteiger partial charge < -0.3 is 19.9 Å². The normalized spacial score (nSPS) is 15.9. The smallest absolute Gasteiger partial charge is 0.278 e. The van der Waals surface area contributed by atoms with Gasteiger partial charge in [0.05, 0.1) is 19.8 Å². The van der Waals surface area contributed by atoms with Gasteiger partial charge in [-0.25, -0.2) is 9.37 Å². The first-order valence-corrected chi connectivity index (χ1v) is 12.0. The summed E-state index contributed by atoms with van der Waals surface area (Å²) in [4.78, 5) is 3.74. The summed E-state index contributed by atoms with van der Waals surface area (Å²) in [6.07, 6.45) is 4.63. The lowest BCUT2D eigenvalue weighted by atomic mass is 9.83. The number of fused-ring (bicyclic) bond motifs is 2. The van der Waals surface area contributed by atoms with E-state index in [1.54, 1.807) is 24.3 Å². The fourth-order valence-electron chi connectivity index (χ4n) is 4.48. The minimum Gasteiger partial charge on any atom is -0.466 e. The van der Waals surface area contributed by atoms with E-state index < -0.39 is 11.8 Å². The van der Waals surface area contributed by atoms with Crippen LogP contribution in [0, 0.1) is 17.2 Å². The maximum Gasteiger partial charge on any atom is 0.278 e. The molecule has 36 heavy (non-hydrogen) atoms. The monoisotopic (exact) mass is 493 g/mol. The van der Waals surface area contributed by atoms with Gasteiger partial charge in [0.15, 0.2) is 11.6 Å². The van der Waals surface area contributed by atoms with Crippen molar-refractivity contribution in [3.05, 3.63) is 83.2 Å². The Morgan fingerprint density at radius 2 is 1.94 bits per heavy atom. The lowest BCUT2D eigenvalue weighted by Crippen LogP contribution is -2.19. The van der Waals surface area contributed by atoms with Crippen LogP contribution >= 0.6 is 0 Å². The first kappa shape index (κ1) is 25.3. The number of aromatic nitrogens is 1. The number of halogens is 2. The van der Waals surface area contributed by atoms with Gasteiger partial charge >= 0.3 is 0 Å². The van der Waals surface area contributed by atoms with Crippen molar-refractivity contribution >= 4 is 11.6 Å². The molecule has 2 aliphatic rings. The van der Waals surface area contributed by atoms with Gasteiger partial charge in [-0.15, -0.1) is 0 Å². The molecule has 1 atom stereocenters. The first-order valence-electron chi connectivity index (χ1n) is 12.0. The Labute approximate surface area is 209 Å². The SMILES string of the molecule is CC.N=C(N)OCCC1c2cc(-c3cccnc3F)ccc2Oc2c(F)cc(C3=CCCOC3)cc21. The molecule has 3 N–H and O–H groups in total. The molecule has 2 aromatic carbocycles. The number of nitrogens with two attached hydrogens (primary N) is 1. The highest BCUT2D eigenvalue weighted by atomic mass is 19.1. The molecule has 3 heterocycles. The number of pyridine rings is 1. The minimum atomic E-state index is -0.575. The van der Waals surface area contributed by atoms with Crippen molar-refractivity contribution in [3.8, 4) is 22.6 Å². The summed E-state index contributed by atoms with van der Waals surface area (Å²) in [5, 5.41) is 7.37. The van der Waals surface area contributed by atoms with E-state index in [2.05, 4.69) is 11.1 Å². The number of hydrogen-bond donors (Lipinski definition) is 2. The van der Waals surface area contributed by atoms with Crippen molar-refractivity contribution in [1.82, 2.24) is 4.98 Å². The van der Waals surface area contributed by atoms with Gasteiger partial charge in [0.2, 0.25) is 5.95 Å². The Hall–Kier alpha value is -3.78. The highest BCUT2D eigenvalue weighted by molar-refractivity contribution is 5.72. The largest absolute Gasteiger partial charge is 0.466 e. The zero-order chi connectivity index (χ0) is 25.7. The van der Waals surface area contributed by atoms with E-state index in [4.69, 9.17) is 25.4 Å². The van der Waals surface area contributed by atoms with Gasteiger partial charge in [0.1, 0.15) is 5.75 Å². The molecule has 6 nitrogen and oxygen atoms in total. The van der Waals surface area contributed by atoms with Crippen LogP contribution in [0.15, 0.2) is 54.7 Å². The van der Waals surface area contributed by atoms with Crippen molar-refractivity contribution in [3.63, 3.8) is 0 Å². The maximum absolute atomic E-state index is 15.3. The van der Waals surface area contributed by atoms with Gasteiger partial charge in [-0.3, -0.25) is 5.41 Å². The summed E-state index contributed by atoms with van der Waals surface area (Å²) in [5.74, 6) is -0.725. The topological polar surface area (TPSA) is 90.5 Å². The molecule has 188 valence electrons. The van der Waals surface area contributed by atoms with E-state index in [9.17, 15) is 4.39 Å². The number of amidine groups is 1. The van der Waals surface area contributed by atoms with Gasteiger partial charge in [0.25, 0.3) is 6.02 Å². The molecular weight excluding hydrogens is 464 g/mol. The molecule has 1 unspecified atom stereocenters. The van der Waals surface area contributed by atoms with E-state index in [1.165, 1.54) is 12.3 Å². The second-order valence-electron chi connectivity index (χ2n) is 8.20. The van der Waals surface area contributed by atoms with E-state index >= 15 is 4.39 Å². The molecule has 0 fully saturated rings. The molecule has 5 rings (SSSR count). The molecule has 2 aliphatic heterocycles. The summed E-state index contributed by atoms with van der Waals surface area (Å²) < 4.78 is 46.4. The molecule has 0 spiro atoms. The van der Waals surface area contributed by atoms with Crippen molar-refractivity contribution in [2.75, 3.05) is 19.8 Å². The molecule has 0 aliphatic carbocycles. The average molecular weight is 494 g/mol. The number of rotatable bonds is 5. The Morgan fingerprint density at radius 3 is 2.67 bits per heavy atom. The summed E-state index contributed by atoms with van der Waals surface area (Å²) in [6.45, 7) is 5.21. The van der Waals surface area contributed by atoms with Crippen LogP contribution < -0.4 is 10.5 Å². The lowest BCUT2D eigenvalue weighted by Gasteiger charge is -2.30. The third kappa shape index (κ3) is 5.23. The van der Waals surface area contributed by atoms with Crippen LogP contribution in [0.2, 0.25) is 0 Å². The maximum atomic E-state index is 15.3. The van der Waals surface area contributed by atoms with E-state index in [0.717, 1.165) is 23.1 Å². The van der Waals surface area contributed by atoms with Crippen LogP contribution in [-0.2, 0) is 9.47 Å². The van der Waals surface area contributed by atoms with Gasteiger partial charge in [0, 0.05) is 28.8 Å². The Balaban J connectivity index is 0.00000148. The molecule has 0 saturated carbocycles. The van der Waals surface area contributed by atoms with Crippen LogP contribution in [0.5, 0.6) is 11.5 Å². The lowest BCUT2D eigenvalue weighted by molar-refractivity contribution is 0.164. The van der Waals surface area contributed by atoms with Crippen LogP contribution in [-0.4, -0.2) is 30.8 Å². The van der Waals surface area contributed by atoms with Crippen molar-refractivity contribution < 1.29 is 23.0 Å². The molecule has 0 saturated heterocycles. The summed E-state index contributed by atoms with van der Waals surface area (Å²) in [6, 6.07) is 11.6. The number of benzene rings is 2. The average Bonchev–Trinajstić information content (AvgIpc) is 2.90. The van der Waals surface area contributed by atoms with E-state index in [0.29, 0.717) is 42.1 Å². The number of nitrogens with one attached hydrogen (secondary N) is 1. The fourth-order valence-corrected chi connectivity index (χ4v) is 4.48. The second kappa shape index (κ2) is 11.3. The Bertz CT molecular complexity index is 1290. The molecule has 8 heteroatoms. The van der Waals surface area contributed by atoms with Crippen LogP contribution in [0.3, 0.4) is 0 Å². The van der Waals surface area contributed by atoms with E-state index in [-0.39, 0.29) is 24.3 Å². The molecule has 3 aromatic rings. The third-order valence-corrected chi connectivity index (χ3v) is 6.06. The summed E-state index contributed by atoms with van der Waals surface area (Å²) in [5.41, 5.74) is 9.44. The number of ether oxygens (including phenoxy) is 3. The fraction of sp³-hybridized carbons (Fsp3) is 0.286. The molecule has 0 amide bonds. The molecule has 0 radical (unpaired) electrons. The Morgan fingerprint density at radius 1 is 1.14 bits per heavy atom. The summed E-state index contributed by atoms with van der Waals surface area (Å²) >= 11 is 0. The predicted molar refractivity (Wildman–Crippen MR) is 135 cm³/mol. The van der Waals surface area contributed by atoms with Gasteiger partial charge in [-0.2, -0.15) is 4.39 Å². The van der Waals surface area contributed by atoms with Crippen molar-refractivity contribution in [1.29, 1.82) is 5.41 Å². The van der Waals surface area contributed by atoms with Gasteiger partial charge in [-0.1, -0.05) is 26.0 Å². The van der Waals surface area contributed by atoms with Crippen molar-refractivity contribution in [2.24, 2.45) is 5.73 Å². The second-order valence-corrected chi connectivity index (χ2v) is 8.20. The predicted octanol–water partition coefficient (Wildman–Crippen LogP) is 6.39. The number of hydrogen-bond acceptors (Lipinski definition) is 5. The quantitative estimate of drug-likeness (QED) is 0.244. The van der Waals surface area contributed by atoms with Gasteiger partial charge in [-0.05, 0) is 65.9 Å². The highest BCUT2D eigenvalue weighted by Gasteiger charge is 2.31. The summed E-state index contributed by atoms with van der Waals surface area (Å²) in [7, 11) is 0. The van der Waals surface area contributed by atoms with E-state index in [1.807, 2.05) is 26.0 Å². The van der Waals surface area contributed by atoms with Crippen LogP contribution in [0.4, 0.5) is 8.78 Å². The first-order chi connectivity index (χ1) is 17.5. The number of nitrogens with zero attached hydrogens (tertiary/aromatic N) is 1. The standard InChI is InChI=1S/C26H23F2N3O3.C2H6/c27-22-13-17(16-3-2-9-32-14-16)12-21-19(7-10-33-26(29)30)20-11-15(5-6-23(20)34-24(21)22)18-4-1-8-31-25(18)28;1-2/h1,3-6,8,11-13,19H,2,7,9-10,14H2,(H3,29,30);1-2H3. The van der Waals surface area contributed by atoms with Crippen LogP contribution in [0.1, 0.15) is 49.3 Å². The molecular formula is C28H29F2N3O3. The Kier molecular flexibility index (Phi) is 7.95. The molecule has 1 aromatic heterocycles. The molecule has 0 bridgehead atoms. The van der Waals surface area contributed by atoms with Crippen molar-refractivity contribution in [2.45, 2.75) is 32.6 Å².